The van der Waals surface area contributed by atoms with E-state index in [0.29, 0.717) is 13.0 Å². The monoisotopic (exact) mass is 359 g/mol. The second-order valence-electron chi connectivity index (χ2n) is 5.54. The van der Waals surface area contributed by atoms with Gasteiger partial charge in [-0.3, -0.25) is 19.9 Å². The van der Waals surface area contributed by atoms with Crippen LogP contribution in [0.15, 0.2) is 29.9 Å². The summed E-state index contributed by atoms with van der Waals surface area (Å²) >= 11 is 1.54. The molecule has 3 rings (SSSR count). The minimum absolute atomic E-state index is 0.156. The standard InChI is InChI=1S/C16H17N5O3S/c22-13(4-3-12-14(23)21-16(24)20-12)18-7-5-11-9-25-15(19-11)10-2-1-6-17-8-10/h1-2,6,8-9,12H,3-5,7H2,(H,18,22)(H2,20,21,23,24)/t12-/m0/s1. The number of nitrogens with one attached hydrogen (secondary N) is 3. The number of amides is 4. The molecule has 25 heavy (non-hydrogen) atoms. The molecule has 0 bridgehead atoms. The molecule has 2 aromatic rings. The number of imide groups is 1. The molecule has 3 N–H and O–H groups in total. The maximum absolute atomic E-state index is 11.8. The normalized spacial score (nSPS) is 16.4. The minimum atomic E-state index is -0.626. The third-order valence-electron chi connectivity index (χ3n) is 3.68. The van der Waals surface area contributed by atoms with Gasteiger partial charge in [-0.25, -0.2) is 9.78 Å². The number of aromatic nitrogens is 2. The molecule has 1 aliphatic heterocycles. The van der Waals surface area contributed by atoms with Gasteiger partial charge < -0.3 is 10.6 Å². The number of carbonyl (C=O) groups excluding carboxylic acids is 3. The topological polar surface area (TPSA) is 113 Å². The zero-order valence-electron chi connectivity index (χ0n) is 13.3. The molecule has 0 spiro atoms. The largest absolute Gasteiger partial charge is 0.356 e. The van der Waals surface area contributed by atoms with Gasteiger partial charge in [0.05, 0.1) is 5.69 Å². The molecule has 0 unspecified atom stereocenters. The number of thiazole rings is 1. The highest BCUT2D eigenvalue weighted by Gasteiger charge is 2.29. The Balaban J connectivity index is 1.39. The first kappa shape index (κ1) is 17.0. The van der Waals surface area contributed by atoms with Crippen molar-refractivity contribution in [3.05, 3.63) is 35.6 Å². The molecule has 0 aliphatic carbocycles. The fraction of sp³-hybridized carbons (Fsp3) is 0.312. The van der Waals surface area contributed by atoms with Crippen LogP contribution in [0.3, 0.4) is 0 Å². The lowest BCUT2D eigenvalue weighted by Crippen LogP contribution is -2.32. The van der Waals surface area contributed by atoms with Crippen LogP contribution in [0.2, 0.25) is 0 Å². The number of urea groups is 1. The van der Waals surface area contributed by atoms with Gasteiger partial charge in [-0.1, -0.05) is 0 Å². The van der Waals surface area contributed by atoms with Crippen LogP contribution in [-0.4, -0.2) is 40.4 Å². The number of carbonyl (C=O) groups is 3. The van der Waals surface area contributed by atoms with E-state index < -0.39 is 12.1 Å². The molecule has 1 aliphatic rings. The first-order valence-corrected chi connectivity index (χ1v) is 8.72. The van der Waals surface area contributed by atoms with E-state index in [1.54, 1.807) is 23.7 Å². The van der Waals surface area contributed by atoms with E-state index in [9.17, 15) is 14.4 Å². The second-order valence-corrected chi connectivity index (χ2v) is 6.40. The predicted molar refractivity (Wildman–Crippen MR) is 91.8 cm³/mol. The Bertz CT molecular complexity index is 777. The molecule has 0 radical (unpaired) electrons. The molecule has 1 atom stereocenters. The Labute approximate surface area is 148 Å². The maximum Gasteiger partial charge on any atom is 0.322 e. The van der Waals surface area contributed by atoms with Crippen molar-refractivity contribution in [2.24, 2.45) is 0 Å². The summed E-state index contributed by atoms with van der Waals surface area (Å²) in [6.07, 6.45) is 4.57. The minimum Gasteiger partial charge on any atom is -0.356 e. The number of hydrogen-bond acceptors (Lipinski definition) is 6. The SMILES string of the molecule is O=C(CC[C@@H]1NC(=O)NC1=O)NCCc1csc(-c2cccnc2)n1. The van der Waals surface area contributed by atoms with Gasteiger partial charge in [0.15, 0.2) is 0 Å². The molecule has 0 saturated carbocycles. The Morgan fingerprint density at radius 2 is 2.24 bits per heavy atom. The molecule has 2 aromatic heterocycles. The van der Waals surface area contributed by atoms with Crippen LogP contribution < -0.4 is 16.0 Å². The summed E-state index contributed by atoms with van der Waals surface area (Å²) in [4.78, 5) is 42.8. The Morgan fingerprint density at radius 3 is 2.96 bits per heavy atom. The van der Waals surface area contributed by atoms with Gasteiger partial charge in [-0.2, -0.15) is 0 Å². The van der Waals surface area contributed by atoms with Crippen molar-refractivity contribution in [3.8, 4) is 10.6 Å². The molecular weight excluding hydrogens is 342 g/mol. The third-order valence-corrected chi connectivity index (χ3v) is 4.62. The quantitative estimate of drug-likeness (QED) is 0.635. The van der Waals surface area contributed by atoms with Crippen molar-refractivity contribution in [1.82, 2.24) is 25.9 Å². The van der Waals surface area contributed by atoms with E-state index >= 15 is 0 Å². The molecule has 8 nitrogen and oxygen atoms in total. The summed E-state index contributed by atoms with van der Waals surface area (Å²) in [7, 11) is 0. The second kappa shape index (κ2) is 7.84. The van der Waals surface area contributed by atoms with E-state index in [1.165, 1.54) is 0 Å². The average molecular weight is 359 g/mol. The number of hydrogen-bond donors (Lipinski definition) is 3. The molecule has 3 heterocycles. The van der Waals surface area contributed by atoms with E-state index in [-0.39, 0.29) is 24.7 Å². The van der Waals surface area contributed by atoms with Crippen LogP contribution >= 0.6 is 11.3 Å². The lowest BCUT2D eigenvalue weighted by atomic mass is 10.1. The highest BCUT2D eigenvalue weighted by Crippen LogP contribution is 2.22. The van der Waals surface area contributed by atoms with Crippen LogP contribution in [0.1, 0.15) is 18.5 Å². The number of nitrogens with zero attached hydrogens (tertiary/aromatic N) is 2. The molecule has 130 valence electrons. The van der Waals surface area contributed by atoms with Crippen LogP contribution in [0, 0.1) is 0 Å². The third kappa shape index (κ3) is 4.60. The number of rotatable bonds is 7. The smallest absolute Gasteiger partial charge is 0.322 e. The summed E-state index contributed by atoms with van der Waals surface area (Å²) in [5, 5.41) is 10.3. The van der Waals surface area contributed by atoms with Crippen molar-refractivity contribution in [3.63, 3.8) is 0 Å². The summed E-state index contributed by atoms with van der Waals surface area (Å²) in [6.45, 7) is 0.471. The van der Waals surface area contributed by atoms with E-state index in [1.807, 2.05) is 17.5 Å². The van der Waals surface area contributed by atoms with Gasteiger partial charge in [0, 0.05) is 42.7 Å². The first-order valence-electron chi connectivity index (χ1n) is 7.84. The highest BCUT2D eigenvalue weighted by atomic mass is 32.1. The fourth-order valence-corrected chi connectivity index (χ4v) is 3.24. The maximum atomic E-state index is 11.8. The van der Waals surface area contributed by atoms with Crippen molar-refractivity contribution in [1.29, 1.82) is 0 Å². The van der Waals surface area contributed by atoms with Crippen molar-refractivity contribution >= 4 is 29.2 Å². The van der Waals surface area contributed by atoms with Gasteiger partial charge in [0.1, 0.15) is 11.0 Å². The average Bonchev–Trinajstić information content (AvgIpc) is 3.20. The van der Waals surface area contributed by atoms with E-state index in [0.717, 1.165) is 16.3 Å². The van der Waals surface area contributed by atoms with Crippen LogP contribution in [-0.2, 0) is 16.0 Å². The van der Waals surface area contributed by atoms with Crippen LogP contribution in [0.25, 0.3) is 10.6 Å². The number of pyridine rings is 1. The Hall–Kier alpha value is -2.81. The van der Waals surface area contributed by atoms with Gasteiger partial charge in [-0.15, -0.1) is 11.3 Å². The zero-order valence-corrected chi connectivity index (χ0v) is 14.1. The van der Waals surface area contributed by atoms with E-state index in [2.05, 4.69) is 25.9 Å². The Kier molecular flexibility index (Phi) is 5.34. The lowest BCUT2D eigenvalue weighted by Gasteiger charge is -2.07. The van der Waals surface area contributed by atoms with Gasteiger partial charge >= 0.3 is 6.03 Å². The summed E-state index contributed by atoms with van der Waals surface area (Å²) < 4.78 is 0. The van der Waals surface area contributed by atoms with Crippen LogP contribution in [0.5, 0.6) is 0 Å². The van der Waals surface area contributed by atoms with Crippen LogP contribution in [0.4, 0.5) is 4.79 Å². The molecule has 1 saturated heterocycles. The predicted octanol–water partition coefficient (Wildman–Crippen LogP) is 0.852. The summed E-state index contributed by atoms with van der Waals surface area (Å²) in [6, 6.07) is 2.68. The van der Waals surface area contributed by atoms with Gasteiger partial charge in [-0.05, 0) is 18.6 Å². The first-order chi connectivity index (χ1) is 12.1. The van der Waals surface area contributed by atoms with Gasteiger partial charge in [0.25, 0.3) is 5.91 Å². The zero-order chi connectivity index (χ0) is 17.6. The molecule has 1 fully saturated rings. The van der Waals surface area contributed by atoms with E-state index in [4.69, 9.17) is 0 Å². The van der Waals surface area contributed by atoms with Crippen molar-refractivity contribution < 1.29 is 14.4 Å². The molecule has 4 amide bonds. The summed E-state index contributed by atoms with van der Waals surface area (Å²) in [5.74, 6) is -0.542. The van der Waals surface area contributed by atoms with Gasteiger partial charge in [0.2, 0.25) is 5.91 Å². The fourth-order valence-electron chi connectivity index (χ4n) is 2.40. The van der Waals surface area contributed by atoms with Crippen molar-refractivity contribution in [2.75, 3.05) is 6.54 Å². The Morgan fingerprint density at radius 1 is 1.36 bits per heavy atom. The lowest BCUT2D eigenvalue weighted by molar-refractivity contribution is -0.122. The van der Waals surface area contributed by atoms with Crippen molar-refractivity contribution in [2.45, 2.75) is 25.3 Å². The highest BCUT2D eigenvalue weighted by molar-refractivity contribution is 7.13. The summed E-state index contributed by atoms with van der Waals surface area (Å²) in [5.41, 5.74) is 1.88. The molecule has 9 heteroatoms. The molecular formula is C16H17N5O3S. The molecule has 0 aromatic carbocycles.